The van der Waals surface area contributed by atoms with Gasteiger partial charge in [0.25, 0.3) is 0 Å². The van der Waals surface area contributed by atoms with Crippen LogP contribution in [0.25, 0.3) is 0 Å². The van der Waals surface area contributed by atoms with Gasteiger partial charge in [-0.2, -0.15) is 0 Å². The molecule has 0 aliphatic carbocycles. The number of aliphatic imine (C=N–C) groups is 1. The van der Waals surface area contributed by atoms with Crippen LogP contribution in [0.4, 0.5) is 0 Å². The van der Waals surface area contributed by atoms with Crippen LogP contribution >= 0.6 is 0 Å². The van der Waals surface area contributed by atoms with Crippen molar-refractivity contribution in [1.82, 2.24) is 4.90 Å². The molecule has 0 saturated carbocycles. The summed E-state index contributed by atoms with van der Waals surface area (Å²) in [5, 5.41) is 9.39. The van der Waals surface area contributed by atoms with Crippen molar-refractivity contribution in [1.29, 1.82) is 0 Å². The van der Waals surface area contributed by atoms with Crippen LogP contribution in [0, 0.1) is 5.92 Å². The average molecular weight is 226 g/mol. The van der Waals surface area contributed by atoms with Gasteiger partial charge in [0, 0.05) is 25.3 Å². The number of piperidine rings is 1. The molecule has 16 heavy (non-hydrogen) atoms. The van der Waals surface area contributed by atoms with Crippen molar-refractivity contribution in [2.45, 2.75) is 45.6 Å². The summed E-state index contributed by atoms with van der Waals surface area (Å²) in [6.07, 6.45) is 4.50. The number of nitrogens with zero attached hydrogens (tertiary/aromatic N) is 2. The Morgan fingerprint density at radius 1 is 1.50 bits per heavy atom. The topological polar surface area (TPSA) is 35.8 Å². The van der Waals surface area contributed by atoms with Gasteiger partial charge in [0.1, 0.15) is 0 Å². The molecule has 0 aromatic carbocycles. The Labute approximate surface area is 99.6 Å². The minimum atomic E-state index is 0.301. The predicted octanol–water partition coefficient (Wildman–Crippen LogP) is 1.95. The number of rotatable bonds is 5. The normalized spacial score (nSPS) is 28.4. The van der Waals surface area contributed by atoms with Gasteiger partial charge in [0.05, 0.1) is 6.61 Å². The first kappa shape index (κ1) is 13.7. The molecule has 1 saturated heterocycles. The molecular formula is C13H26N2O. The maximum absolute atomic E-state index is 9.39. The first-order valence-electron chi connectivity index (χ1n) is 6.50. The number of hydrogen-bond acceptors (Lipinski definition) is 3. The van der Waals surface area contributed by atoms with Gasteiger partial charge in [-0.3, -0.25) is 9.89 Å². The lowest BCUT2D eigenvalue weighted by atomic mass is 9.92. The summed E-state index contributed by atoms with van der Waals surface area (Å²) in [7, 11) is 1.88. The SMILES string of the molecule is CCC(CCN1CCC(C)CC1CO)=NC. The lowest BCUT2D eigenvalue weighted by molar-refractivity contribution is 0.0716. The highest BCUT2D eigenvalue weighted by Crippen LogP contribution is 2.22. The maximum atomic E-state index is 9.39. The van der Waals surface area contributed by atoms with Gasteiger partial charge in [0.15, 0.2) is 0 Å². The van der Waals surface area contributed by atoms with Crippen LogP contribution in [0.2, 0.25) is 0 Å². The Hall–Kier alpha value is -0.410. The molecule has 1 fully saturated rings. The molecule has 1 rings (SSSR count). The van der Waals surface area contributed by atoms with Crippen LogP contribution in [0.1, 0.15) is 39.5 Å². The molecule has 0 bridgehead atoms. The zero-order chi connectivity index (χ0) is 12.0. The molecule has 0 radical (unpaired) electrons. The molecule has 0 aromatic rings. The number of aliphatic hydroxyl groups is 1. The minimum Gasteiger partial charge on any atom is -0.395 e. The van der Waals surface area contributed by atoms with Gasteiger partial charge in [-0.25, -0.2) is 0 Å². The Morgan fingerprint density at radius 3 is 2.81 bits per heavy atom. The molecule has 0 aromatic heterocycles. The first-order valence-corrected chi connectivity index (χ1v) is 6.50. The number of likely N-dealkylation sites (tertiary alicyclic amines) is 1. The van der Waals surface area contributed by atoms with E-state index in [1.54, 1.807) is 0 Å². The van der Waals surface area contributed by atoms with Gasteiger partial charge in [0.2, 0.25) is 0 Å². The zero-order valence-corrected chi connectivity index (χ0v) is 10.9. The van der Waals surface area contributed by atoms with E-state index < -0.39 is 0 Å². The number of hydrogen-bond donors (Lipinski definition) is 1. The van der Waals surface area contributed by atoms with E-state index in [0.29, 0.717) is 12.6 Å². The summed E-state index contributed by atoms with van der Waals surface area (Å²) < 4.78 is 0. The Bertz CT molecular complexity index is 228. The Balaban J connectivity index is 2.40. The molecule has 3 nitrogen and oxygen atoms in total. The van der Waals surface area contributed by atoms with Crippen molar-refractivity contribution in [3.63, 3.8) is 0 Å². The van der Waals surface area contributed by atoms with Crippen molar-refractivity contribution in [3.8, 4) is 0 Å². The van der Waals surface area contributed by atoms with Crippen molar-refractivity contribution in [3.05, 3.63) is 0 Å². The fourth-order valence-electron chi connectivity index (χ4n) is 2.50. The molecule has 2 unspecified atom stereocenters. The van der Waals surface area contributed by atoms with Gasteiger partial charge in [-0.1, -0.05) is 13.8 Å². The highest BCUT2D eigenvalue weighted by molar-refractivity contribution is 5.84. The maximum Gasteiger partial charge on any atom is 0.0586 e. The van der Waals surface area contributed by atoms with E-state index >= 15 is 0 Å². The molecule has 1 aliphatic rings. The summed E-state index contributed by atoms with van der Waals surface area (Å²) in [4.78, 5) is 6.72. The third kappa shape index (κ3) is 3.87. The lowest BCUT2D eigenvalue weighted by Crippen LogP contribution is -2.45. The third-order valence-corrected chi connectivity index (χ3v) is 3.72. The van der Waals surface area contributed by atoms with Crippen LogP contribution in [0.3, 0.4) is 0 Å². The molecule has 3 heteroatoms. The van der Waals surface area contributed by atoms with E-state index in [-0.39, 0.29) is 0 Å². The molecule has 2 atom stereocenters. The molecular weight excluding hydrogens is 200 g/mol. The largest absolute Gasteiger partial charge is 0.395 e. The van der Waals surface area contributed by atoms with Crippen molar-refractivity contribution < 1.29 is 5.11 Å². The van der Waals surface area contributed by atoms with E-state index in [9.17, 15) is 5.11 Å². The summed E-state index contributed by atoms with van der Waals surface area (Å²) in [6, 6.07) is 0.374. The highest BCUT2D eigenvalue weighted by atomic mass is 16.3. The number of aliphatic hydroxyl groups excluding tert-OH is 1. The van der Waals surface area contributed by atoms with Gasteiger partial charge in [-0.15, -0.1) is 0 Å². The summed E-state index contributed by atoms with van der Waals surface area (Å²) >= 11 is 0. The molecule has 0 spiro atoms. The highest BCUT2D eigenvalue weighted by Gasteiger charge is 2.25. The van der Waals surface area contributed by atoms with Crippen molar-refractivity contribution in [2.75, 3.05) is 26.7 Å². The first-order chi connectivity index (χ1) is 7.71. The molecule has 0 amide bonds. The smallest absolute Gasteiger partial charge is 0.0586 e. The van der Waals surface area contributed by atoms with Gasteiger partial charge >= 0.3 is 0 Å². The summed E-state index contributed by atoms with van der Waals surface area (Å²) in [6.45, 7) is 6.93. The quantitative estimate of drug-likeness (QED) is 0.727. The van der Waals surface area contributed by atoms with Crippen LogP contribution < -0.4 is 0 Å². The predicted molar refractivity (Wildman–Crippen MR) is 69.1 cm³/mol. The van der Waals surface area contributed by atoms with Crippen LogP contribution in [-0.4, -0.2) is 48.5 Å². The lowest BCUT2D eigenvalue weighted by Gasteiger charge is -2.37. The standard InChI is InChI=1S/C13H26N2O/c1-4-12(14-3)6-8-15-7-5-11(2)9-13(15)10-16/h11,13,16H,4-10H2,1-3H3. The van der Waals surface area contributed by atoms with Crippen molar-refractivity contribution >= 4 is 5.71 Å². The van der Waals surface area contributed by atoms with Crippen LogP contribution in [0.15, 0.2) is 4.99 Å². The van der Waals surface area contributed by atoms with Gasteiger partial charge < -0.3 is 5.11 Å². The van der Waals surface area contributed by atoms with Crippen LogP contribution in [0.5, 0.6) is 0 Å². The second-order valence-corrected chi connectivity index (χ2v) is 4.90. The minimum absolute atomic E-state index is 0.301. The van der Waals surface area contributed by atoms with E-state index in [1.165, 1.54) is 12.1 Å². The van der Waals surface area contributed by atoms with E-state index in [4.69, 9.17) is 0 Å². The van der Waals surface area contributed by atoms with E-state index in [0.717, 1.165) is 38.3 Å². The molecule has 1 N–H and O–H groups in total. The monoisotopic (exact) mass is 226 g/mol. The third-order valence-electron chi connectivity index (χ3n) is 3.72. The summed E-state index contributed by atoms with van der Waals surface area (Å²) in [5.74, 6) is 0.763. The summed E-state index contributed by atoms with van der Waals surface area (Å²) in [5.41, 5.74) is 1.29. The average Bonchev–Trinajstić information content (AvgIpc) is 2.31. The molecule has 1 aliphatic heterocycles. The Kier molecular flexibility index (Phi) is 5.99. The van der Waals surface area contributed by atoms with E-state index in [2.05, 4.69) is 23.7 Å². The van der Waals surface area contributed by atoms with Crippen LogP contribution in [-0.2, 0) is 0 Å². The second kappa shape index (κ2) is 7.02. The van der Waals surface area contributed by atoms with E-state index in [1.807, 2.05) is 7.05 Å². The Morgan fingerprint density at radius 2 is 2.25 bits per heavy atom. The fraction of sp³-hybridized carbons (Fsp3) is 0.923. The molecule has 1 heterocycles. The second-order valence-electron chi connectivity index (χ2n) is 4.90. The fourth-order valence-corrected chi connectivity index (χ4v) is 2.50. The van der Waals surface area contributed by atoms with Crippen molar-refractivity contribution in [2.24, 2.45) is 10.9 Å². The molecule has 94 valence electrons. The zero-order valence-electron chi connectivity index (χ0n) is 10.9. The van der Waals surface area contributed by atoms with Gasteiger partial charge in [-0.05, 0) is 38.1 Å².